The third kappa shape index (κ3) is 4.30. The zero-order valence-electron chi connectivity index (χ0n) is 7.85. The fourth-order valence-corrected chi connectivity index (χ4v) is 1.25. The maximum Gasteiger partial charge on any atom is 0.0981 e. The second-order valence-corrected chi connectivity index (χ2v) is 3.94. The molecule has 0 aliphatic carbocycles. The first-order chi connectivity index (χ1) is 5.09. The lowest BCUT2D eigenvalue weighted by Crippen LogP contribution is -2.31. The number of hydrogen-bond acceptors (Lipinski definition) is 2. The minimum absolute atomic E-state index is 0.349. The lowest BCUT2D eigenvalue weighted by molar-refractivity contribution is 0.503. The minimum Gasteiger partial charge on any atom is -0.363 e. The Morgan fingerprint density at radius 1 is 1.55 bits per heavy atom. The van der Waals surface area contributed by atoms with Crippen LogP contribution in [0.5, 0.6) is 0 Å². The number of nitrogens with one attached hydrogen (secondary N) is 1. The van der Waals surface area contributed by atoms with Gasteiger partial charge in [-0.25, -0.2) is 0 Å². The zero-order chi connectivity index (χ0) is 8.85. The molecular formula is C8H18N2S. The van der Waals surface area contributed by atoms with E-state index in [0.717, 1.165) is 18.1 Å². The Balaban J connectivity index is 3.64. The molecule has 0 saturated heterocycles. The van der Waals surface area contributed by atoms with Crippen LogP contribution in [0.4, 0.5) is 0 Å². The summed E-state index contributed by atoms with van der Waals surface area (Å²) in [6.45, 7) is 5.09. The highest BCUT2D eigenvalue weighted by Crippen LogP contribution is 2.00. The zero-order valence-corrected chi connectivity index (χ0v) is 8.66. The quantitative estimate of drug-likeness (QED) is 0.521. The third-order valence-corrected chi connectivity index (χ3v) is 2.18. The lowest BCUT2D eigenvalue weighted by atomic mass is 10.2. The molecule has 3 heteroatoms. The number of hydrogen-bond donors (Lipinski definition) is 1. The first-order valence-electron chi connectivity index (χ1n) is 3.88. The maximum atomic E-state index is 7.64. The predicted molar refractivity (Wildman–Crippen MR) is 53.6 cm³/mol. The van der Waals surface area contributed by atoms with Crippen LogP contribution in [0.3, 0.4) is 0 Å². The molecule has 66 valence electrons. The van der Waals surface area contributed by atoms with Crippen molar-refractivity contribution < 1.29 is 0 Å². The Labute approximate surface area is 73.9 Å². The number of amidine groups is 1. The average molecular weight is 174 g/mol. The van der Waals surface area contributed by atoms with Crippen LogP contribution in [-0.2, 0) is 0 Å². The molecular weight excluding hydrogens is 156 g/mol. The summed E-state index contributed by atoms with van der Waals surface area (Å²) in [6, 6.07) is 0. The van der Waals surface area contributed by atoms with Gasteiger partial charge >= 0.3 is 0 Å². The van der Waals surface area contributed by atoms with Crippen molar-refractivity contribution >= 4 is 17.6 Å². The Morgan fingerprint density at radius 3 is 2.45 bits per heavy atom. The summed E-state index contributed by atoms with van der Waals surface area (Å²) < 4.78 is 0. The highest BCUT2D eigenvalue weighted by Gasteiger charge is 2.06. The van der Waals surface area contributed by atoms with Gasteiger partial charge in [0.15, 0.2) is 0 Å². The van der Waals surface area contributed by atoms with Crippen molar-refractivity contribution in [1.29, 1.82) is 5.41 Å². The van der Waals surface area contributed by atoms with E-state index in [0.29, 0.717) is 5.92 Å². The van der Waals surface area contributed by atoms with Crippen LogP contribution in [0, 0.1) is 11.3 Å². The van der Waals surface area contributed by atoms with Gasteiger partial charge in [-0.05, 0) is 6.26 Å². The molecule has 0 spiro atoms. The van der Waals surface area contributed by atoms with Crippen molar-refractivity contribution in [3.8, 4) is 0 Å². The van der Waals surface area contributed by atoms with E-state index in [-0.39, 0.29) is 0 Å². The molecule has 0 aliphatic rings. The molecule has 0 rings (SSSR count). The summed E-state index contributed by atoms with van der Waals surface area (Å²) in [7, 11) is 1.98. The van der Waals surface area contributed by atoms with Gasteiger partial charge in [-0.1, -0.05) is 13.8 Å². The molecule has 0 aliphatic heterocycles. The summed E-state index contributed by atoms with van der Waals surface area (Å²) in [5.74, 6) is 2.19. The van der Waals surface area contributed by atoms with Gasteiger partial charge in [0.25, 0.3) is 0 Å². The number of nitrogens with zero attached hydrogens (tertiary/aromatic N) is 1. The van der Waals surface area contributed by atoms with Crippen LogP contribution in [0.15, 0.2) is 0 Å². The van der Waals surface area contributed by atoms with Gasteiger partial charge in [-0.15, -0.1) is 0 Å². The van der Waals surface area contributed by atoms with Gasteiger partial charge in [0, 0.05) is 25.3 Å². The first kappa shape index (κ1) is 10.8. The fourth-order valence-electron chi connectivity index (χ4n) is 0.789. The first-order valence-corrected chi connectivity index (χ1v) is 5.27. The number of rotatable bonds is 4. The average Bonchev–Trinajstić information content (AvgIpc) is 1.98. The van der Waals surface area contributed by atoms with Gasteiger partial charge in [0.1, 0.15) is 0 Å². The summed E-state index contributed by atoms with van der Waals surface area (Å²) in [6.07, 6.45) is 2.09. The third-order valence-electron chi connectivity index (χ3n) is 1.59. The Bertz CT molecular complexity index is 123. The summed E-state index contributed by atoms with van der Waals surface area (Å²) in [4.78, 5) is 2.02. The topological polar surface area (TPSA) is 27.1 Å². The molecule has 0 aromatic rings. The molecule has 0 fully saturated rings. The largest absolute Gasteiger partial charge is 0.363 e. The van der Waals surface area contributed by atoms with E-state index in [1.165, 1.54) is 0 Å². The number of thioether (sulfide) groups is 1. The molecule has 0 unspecified atom stereocenters. The van der Waals surface area contributed by atoms with Crippen molar-refractivity contribution in [2.45, 2.75) is 13.8 Å². The summed E-state index contributed by atoms with van der Waals surface area (Å²) >= 11 is 1.82. The van der Waals surface area contributed by atoms with Crippen molar-refractivity contribution in [1.82, 2.24) is 4.90 Å². The Hall–Kier alpha value is -0.180. The van der Waals surface area contributed by atoms with E-state index in [1.54, 1.807) is 0 Å². The SMILES string of the molecule is CSCCN(C)C(=N)C(C)C. The minimum atomic E-state index is 0.349. The lowest BCUT2D eigenvalue weighted by Gasteiger charge is -2.21. The van der Waals surface area contributed by atoms with Crippen LogP contribution in [0.2, 0.25) is 0 Å². The van der Waals surface area contributed by atoms with Gasteiger partial charge in [0.05, 0.1) is 5.84 Å². The summed E-state index contributed by atoms with van der Waals surface area (Å²) in [5, 5.41) is 7.64. The molecule has 0 aromatic heterocycles. The molecule has 0 amide bonds. The van der Waals surface area contributed by atoms with E-state index in [2.05, 4.69) is 20.1 Å². The van der Waals surface area contributed by atoms with E-state index >= 15 is 0 Å². The predicted octanol–water partition coefficient (Wildman–Crippen LogP) is 1.91. The van der Waals surface area contributed by atoms with Crippen LogP contribution in [0.25, 0.3) is 0 Å². The van der Waals surface area contributed by atoms with Crippen molar-refractivity contribution in [3.05, 3.63) is 0 Å². The van der Waals surface area contributed by atoms with E-state index in [9.17, 15) is 0 Å². The monoisotopic (exact) mass is 174 g/mol. The second-order valence-electron chi connectivity index (χ2n) is 2.95. The molecule has 11 heavy (non-hydrogen) atoms. The van der Waals surface area contributed by atoms with Crippen LogP contribution < -0.4 is 0 Å². The molecule has 0 bridgehead atoms. The molecule has 0 radical (unpaired) electrons. The molecule has 0 saturated carbocycles. The van der Waals surface area contributed by atoms with Gasteiger partial charge in [-0.2, -0.15) is 11.8 Å². The van der Waals surface area contributed by atoms with E-state index in [4.69, 9.17) is 5.41 Å². The summed E-state index contributed by atoms with van der Waals surface area (Å²) in [5.41, 5.74) is 0. The van der Waals surface area contributed by atoms with Gasteiger partial charge in [-0.3, -0.25) is 5.41 Å². The molecule has 0 heterocycles. The van der Waals surface area contributed by atoms with Crippen molar-refractivity contribution in [3.63, 3.8) is 0 Å². The second kappa shape index (κ2) is 5.47. The van der Waals surface area contributed by atoms with Crippen LogP contribution in [-0.4, -0.2) is 36.3 Å². The standard InChI is InChI=1S/C8H18N2S/c1-7(2)8(9)10(3)5-6-11-4/h7,9H,5-6H2,1-4H3. The van der Waals surface area contributed by atoms with Crippen LogP contribution >= 0.6 is 11.8 Å². The van der Waals surface area contributed by atoms with Crippen LogP contribution in [0.1, 0.15) is 13.8 Å². The van der Waals surface area contributed by atoms with E-state index in [1.807, 2.05) is 23.7 Å². The molecule has 0 atom stereocenters. The Kier molecular flexibility index (Phi) is 5.38. The van der Waals surface area contributed by atoms with Crippen molar-refractivity contribution in [2.75, 3.05) is 25.6 Å². The molecule has 0 aromatic carbocycles. The van der Waals surface area contributed by atoms with Gasteiger partial charge < -0.3 is 4.90 Å². The molecule has 1 N–H and O–H groups in total. The molecule has 2 nitrogen and oxygen atoms in total. The Morgan fingerprint density at radius 2 is 2.09 bits per heavy atom. The van der Waals surface area contributed by atoms with E-state index < -0.39 is 0 Å². The van der Waals surface area contributed by atoms with Gasteiger partial charge in [0.2, 0.25) is 0 Å². The fraction of sp³-hybridized carbons (Fsp3) is 0.875. The van der Waals surface area contributed by atoms with Crippen molar-refractivity contribution in [2.24, 2.45) is 5.92 Å². The smallest absolute Gasteiger partial charge is 0.0981 e. The highest BCUT2D eigenvalue weighted by molar-refractivity contribution is 7.98. The maximum absolute atomic E-state index is 7.64. The normalized spacial score (nSPS) is 10.3. The highest BCUT2D eigenvalue weighted by atomic mass is 32.2.